The molecule has 0 fully saturated rings. The molecule has 3 rings (SSSR count). The minimum atomic E-state index is -0.590. The van der Waals surface area contributed by atoms with Gasteiger partial charge in [-0.05, 0) is 18.6 Å². The summed E-state index contributed by atoms with van der Waals surface area (Å²) in [5.74, 6) is 1.15. The zero-order valence-electron chi connectivity index (χ0n) is 11.6. The van der Waals surface area contributed by atoms with Crippen LogP contribution < -0.4 is 14.8 Å². The third kappa shape index (κ3) is 3.34. The summed E-state index contributed by atoms with van der Waals surface area (Å²) in [5.41, 5.74) is 0. The number of aromatic nitrogens is 2. The standard InChI is InChI=1S/C15H17N3O3/c19-15(17-6-3-8-18-9-7-16-11-18)14-10-20-12-4-1-2-5-13(12)21-14/h1-2,4-5,7,9,11,14H,3,6,8,10H2,(H,17,19). The van der Waals surface area contributed by atoms with Gasteiger partial charge < -0.3 is 19.4 Å². The van der Waals surface area contributed by atoms with Gasteiger partial charge in [-0.2, -0.15) is 0 Å². The van der Waals surface area contributed by atoms with E-state index in [9.17, 15) is 4.79 Å². The molecule has 2 heterocycles. The summed E-state index contributed by atoms with van der Waals surface area (Å²) in [6.45, 7) is 1.66. The summed E-state index contributed by atoms with van der Waals surface area (Å²) in [7, 11) is 0. The van der Waals surface area contributed by atoms with Crippen LogP contribution in [0.15, 0.2) is 43.0 Å². The van der Waals surface area contributed by atoms with Crippen molar-refractivity contribution in [3.8, 4) is 11.5 Å². The molecule has 0 saturated heterocycles. The van der Waals surface area contributed by atoms with Crippen LogP contribution >= 0.6 is 0 Å². The number of benzene rings is 1. The van der Waals surface area contributed by atoms with Crippen molar-refractivity contribution in [1.82, 2.24) is 14.9 Å². The maximum Gasteiger partial charge on any atom is 0.264 e. The van der Waals surface area contributed by atoms with Gasteiger partial charge in [-0.25, -0.2) is 4.98 Å². The molecular weight excluding hydrogens is 270 g/mol. The van der Waals surface area contributed by atoms with Gasteiger partial charge in [-0.1, -0.05) is 12.1 Å². The van der Waals surface area contributed by atoms with Crippen LogP contribution in [-0.2, 0) is 11.3 Å². The monoisotopic (exact) mass is 287 g/mol. The first kappa shape index (κ1) is 13.5. The van der Waals surface area contributed by atoms with Crippen molar-refractivity contribution in [2.45, 2.75) is 19.1 Å². The highest BCUT2D eigenvalue weighted by molar-refractivity contribution is 5.81. The zero-order chi connectivity index (χ0) is 14.5. The average Bonchev–Trinajstić information content (AvgIpc) is 3.04. The second-order valence-electron chi connectivity index (χ2n) is 4.81. The van der Waals surface area contributed by atoms with Crippen LogP contribution in [0.1, 0.15) is 6.42 Å². The average molecular weight is 287 g/mol. The number of hydrogen-bond donors (Lipinski definition) is 1. The lowest BCUT2D eigenvalue weighted by Crippen LogP contribution is -2.44. The molecule has 0 aliphatic carbocycles. The quantitative estimate of drug-likeness (QED) is 0.840. The second-order valence-corrected chi connectivity index (χ2v) is 4.81. The summed E-state index contributed by atoms with van der Waals surface area (Å²) in [4.78, 5) is 16.0. The number of nitrogens with one attached hydrogen (secondary N) is 1. The number of amides is 1. The van der Waals surface area contributed by atoms with Gasteiger partial charge in [0.2, 0.25) is 6.10 Å². The van der Waals surface area contributed by atoms with Crippen LogP contribution in [0.2, 0.25) is 0 Å². The summed E-state index contributed by atoms with van der Waals surface area (Å²) in [6.07, 6.45) is 5.65. The maximum absolute atomic E-state index is 12.0. The van der Waals surface area contributed by atoms with Crippen molar-refractivity contribution >= 4 is 5.91 Å². The Morgan fingerprint density at radius 3 is 3.05 bits per heavy atom. The second kappa shape index (κ2) is 6.30. The van der Waals surface area contributed by atoms with Crippen LogP contribution in [0, 0.1) is 0 Å². The Morgan fingerprint density at radius 2 is 2.24 bits per heavy atom. The Hall–Kier alpha value is -2.50. The first-order chi connectivity index (χ1) is 10.3. The van der Waals surface area contributed by atoms with E-state index in [2.05, 4.69) is 10.3 Å². The normalized spacial score (nSPS) is 16.5. The Kier molecular flexibility index (Phi) is 4.04. The van der Waals surface area contributed by atoms with E-state index in [0.717, 1.165) is 13.0 Å². The molecule has 1 aromatic carbocycles. The maximum atomic E-state index is 12.0. The molecule has 0 radical (unpaired) electrons. The molecular formula is C15H17N3O3. The lowest BCUT2D eigenvalue weighted by molar-refractivity contribution is -0.130. The number of rotatable bonds is 5. The van der Waals surface area contributed by atoms with Crippen molar-refractivity contribution in [1.29, 1.82) is 0 Å². The first-order valence-electron chi connectivity index (χ1n) is 6.95. The molecule has 1 amide bonds. The SMILES string of the molecule is O=C(NCCCn1ccnc1)C1COc2ccccc2O1. The van der Waals surface area contributed by atoms with Crippen LogP contribution in [0.5, 0.6) is 11.5 Å². The number of hydrogen-bond acceptors (Lipinski definition) is 4. The topological polar surface area (TPSA) is 65.4 Å². The van der Waals surface area contributed by atoms with Gasteiger partial charge in [0.25, 0.3) is 5.91 Å². The Morgan fingerprint density at radius 1 is 1.38 bits per heavy atom. The van der Waals surface area contributed by atoms with Gasteiger partial charge in [0.15, 0.2) is 11.5 Å². The van der Waals surface area contributed by atoms with E-state index in [1.807, 2.05) is 29.0 Å². The molecule has 0 spiro atoms. The fraction of sp³-hybridized carbons (Fsp3) is 0.333. The number of nitrogens with zero attached hydrogens (tertiary/aromatic N) is 2. The molecule has 1 unspecified atom stereocenters. The van der Waals surface area contributed by atoms with Gasteiger partial charge in [0.1, 0.15) is 6.61 Å². The third-order valence-electron chi connectivity index (χ3n) is 3.25. The molecule has 6 nitrogen and oxygen atoms in total. The molecule has 6 heteroatoms. The molecule has 0 bridgehead atoms. The molecule has 21 heavy (non-hydrogen) atoms. The number of para-hydroxylation sites is 2. The molecule has 2 aromatic rings. The Bertz CT molecular complexity index is 598. The fourth-order valence-electron chi connectivity index (χ4n) is 2.15. The minimum absolute atomic E-state index is 0.143. The predicted molar refractivity (Wildman–Crippen MR) is 76.2 cm³/mol. The summed E-state index contributed by atoms with van der Waals surface area (Å²) < 4.78 is 13.1. The van der Waals surface area contributed by atoms with E-state index in [0.29, 0.717) is 18.0 Å². The number of fused-ring (bicyclic) bond motifs is 1. The van der Waals surface area contributed by atoms with Gasteiger partial charge in [-0.15, -0.1) is 0 Å². The molecule has 1 aliphatic heterocycles. The highest BCUT2D eigenvalue weighted by Gasteiger charge is 2.26. The van der Waals surface area contributed by atoms with E-state index in [4.69, 9.17) is 9.47 Å². The molecule has 110 valence electrons. The van der Waals surface area contributed by atoms with Gasteiger partial charge in [0.05, 0.1) is 6.33 Å². The predicted octanol–water partition coefficient (Wildman–Crippen LogP) is 1.23. The molecule has 1 N–H and O–H groups in total. The third-order valence-corrected chi connectivity index (χ3v) is 3.25. The van der Waals surface area contributed by atoms with E-state index in [1.54, 1.807) is 18.6 Å². The first-order valence-corrected chi connectivity index (χ1v) is 6.95. The summed E-state index contributed by atoms with van der Waals surface area (Å²) >= 11 is 0. The van der Waals surface area contributed by atoms with Crippen molar-refractivity contribution < 1.29 is 14.3 Å². The zero-order valence-corrected chi connectivity index (χ0v) is 11.6. The van der Waals surface area contributed by atoms with Crippen LogP contribution in [-0.4, -0.2) is 34.7 Å². The smallest absolute Gasteiger partial charge is 0.264 e. The van der Waals surface area contributed by atoms with Crippen molar-refractivity contribution in [3.05, 3.63) is 43.0 Å². The van der Waals surface area contributed by atoms with Crippen LogP contribution in [0.4, 0.5) is 0 Å². The number of carbonyl (C=O) groups excluding carboxylic acids is 1. The van der Waals surface area contributed by atoms with E-state index in [1.165, 1.54) is 0 Å². The van der Waals surface area contributed by atoms with Gasteiger partial charge >= 0.3 is 0 Å². The largest absolute Gasteiger partial charge is 0.485 e. The Balaban J connectivity index is 1.44. The van der Waals surface area contributed by atoms with E-state index in [-0.39, 0.29) is 12.5 Å². The summed E-state index contributed by atoms with van der Waals surface area (Å²) in [6, 6.07) is 7.36. The number of carbonyl (C=O) groups is 1. The fourth-order valence-corrected chi connectivity index (χ4v) is 2.15. The summed E-state index contributed by atoms with van der Waals surface area (Å²) in [5, 5.41) is 2.87. The number of ether oxygens (including phenoxy) is 2. The minimum Gasteiger partial charge on any atom is -0.485 e. The van der Waals surface area contributed by atoms with E-state index < -0.39 is 6.10 Å². The van der Waals surface area contributed by atoms with E-state index >= 15 is 0 Å². The number of imidazole rings is 1. The molecule has 1 atom stereocenters. The molecule has 1 aliphatic rings. The van der Waals surface area contributed by atoms with Crippen molar-refractivity contribution in [3.63, 3.8) is 0 Å². The molecule has 0 saturated carbocycles. The lowest BCUT2D eigenvalue weighted by Gasteiger charge is -2.25. The molecule has 1 aromatic heterocycles. The van der Waals surface area contributed by atoms with Crippen molar-refractivity contribution in [2.75, 3.05) is 13.2 Å². The number of aryl methyl sites for hydroxylation is 1. The van der Waals surface area contributed by atoms with Crippen LogP contribution in [0.25, 0.3) is 0 Å². The Labute approximate surface area is 122 Å². The highest BCUT2D eigenvalue weighted by Crippen LogP contribution is 2.30. The van der Waals surface area contributed by atoms with Gasteiger partial charge in [0, 0.05) is 25.5 Å². The lowest BCUT2D eigenvalue weighted by atomic mass is 10.2. The van der Waals surface area contributed by atoms with Crippen LogP contribution in [0.3, 0.4) is 0 Å². The van der Waals surface area contributed by atoms with Gasteiger partial charge in [-0.3, -0.25) is 4.79 Å². The highest BCUT2D eigenvalue weighted by atomic mass is 16.6. The van der Waals surface area contributed by atoms with Crippen molar-refractivity contribution in [2.24, 2.45) is 0 Å².